The molecule has 3 nitrogen and oxygen atoms in total. The highest BCUT2D eigenvalue weighted by molar-refractivity contribution is 5.04. The second kappa shape index (κ2) is 5.08. The van der Waals surface area contributed by atoms with Gasteiger partial charge in [0.15, 0.2) is 0 Å². The van der Waals surface area contributed by atoms with Crippen LogP contribution in [0.5, 0.6) is 0 Å². The van der Waals surface area contributed by atoms with E-state index in [1.807, 2.05) is 27.0 Å². The van der Waals surface area contributed by atoms with Crippen molar-refractivity contribution in [3.05, 3.63) is 18.0 Å². The summed E-state index contributed by atoms with van der Waals surface area (Å²) in [5.41, 5.74) is 0.784. The zero-order valence-corrected chi connectivity index (χ0v) is 10.3. The number of nitrogens with zero attached hydrogens (tertiary/aromatic N) is 2. The molecule has 0 amide bonds. The Balaban J connectivity index is 2.36. The fourth-order valence-corrected chi connectivity index (χ4v) is 1.28. The number of alkyl halides is 3. The zero-order chi connectivity index (χ0) is 13.1. The lowest BCUT2D eigenvalue weighted by Crippen LogP contribution is -2.22. The summed E-state index contributed by atoms with van der Waals surface area (Å²) in [5, 5.41) is 6.92. The molecule has 0 bridgehead atoms. The van der Waals surface area contributed by atoms with Crippen LogP contribution in [-0.4, -0.2) is 22.5 Å². The largest absolute Gasteiger partial charge is 0.390 e. The van der Waals surface area contributed by atoms with Crippen LogP contribution in [0.25, 0.3) is 0 Å². The molecule has 98 valence electrons. The van der Waals surface area contributed by atoms with Gasteiger partial charge in [0.2, 0.25) is 0 Å². The summed E-state index contributed by atoms with van der Waals surface area (Å²) in [7, 11) is 0. The first kappa shape index (κ1) is 14.0. The Bertz CT molecular complexity index is 350. The number of halogens is 3. The van der Waals surface area contributed by atoms with Crippen molar-refractivity contribution < 1.29 is 13.2 Å². The number of nitrogens with one attached hydrogen (secondary N) is 1. The van der Waals surface area contributed by atoms with Gasteiger partial charge in [-0.15, -0.1) is 0 Å². The minimum Gasteiger partial charge on any atom is -0.312 e. The van der Waals surface area contributed by atoms with Crippen molar-refractivity contribution in [1.82, 2.24) is 15.1 Å². The van der Waals surface area contributed by atoms with E-state index in [-0.39, 0.29) is 12.1 Å². The summed E-state index contributed by atoms with van der Waals surface area (Å²) in [4.78, 5) is 0. The number of hydrogen-bond donors (Lipinski definition) is 1. The average Bonchev–Trinajstić information content (AvgIpc) is 2.58. The molecular formula is C11H18F3N3. The monoisotopic (exact) mass is 249 g/mol. The van der Waals surface area contributed by atoms with Gasteiger partial charge in [0.25, 0.3) is 0 Å². The predicted octanol–water partition coefficient (Wildman–Crippen LogP) is 2.68. The first-order valence-electron chi connectivity index (χ1n) is 5.50. The summed E-state index contributed by atoms with van der Waals surface area (Å²) in [6.07, 6.45) is -1.38. The molecule has 0 saturated heterocycles. The highest BCUT2D eigenvalue weighted by Gasteiger charge is 2.25. The Labute approximate surface area is 99.0 Å². The SMILES string of the molecule is CC(C)(C)n1cc(CNCCC(F)(F)F)cn1. The molecule has 0 saturated carbocycles. The summed E-state index contributed by atoms with van der Waals surface area (Å²) in [6, 6.07) is 0. The topological polar surface area (TPSA) is 29.9 Å². The molecule has 1 rings (SSSR count). The van der Waals surface area contributed by atoms with Crippen LogP contribution in [0.3, 0.4) is 0 Å². The molecule has 0 aromatic carbocycles. The fraction of sp³-hybridized carbons (Fsp3) is 0.727. The fourth-order valence-electron chi connectivity index (χ4n) is 1.28. The Morgan fingerprint density at radius 2 is 1.94 bits per heavy atom. The normalized spacial score (nSPS) is 13.1. The van der Waals surface area contributed by atoms with Gasteiger partial charge < -0.3 is 5.32 Å². The third kappa shape index (κ3) is 5.21. The van der Waals surface area contributed by atoms with Crippen LogP contribution in [0.2, 0.25) is 0 Å². The van der Waals surface area contributed by atoms with E-state index in [0.29, 0.717) is 6.54 Å². The molecule has 0 aliphatic heterocycles. The third-order valence-electron chi connectivity index (χ3n) is 2.24. The summed E-state index contributed by atoms with van der Waals surface area (Å²) in [5.74, 6) is 0. The first-order chi connectivity index (χ1) is 7.68. The maximum Gasteiger partial charge on any atom is 0.390 e. The van der Waals surface area contributed by atoms with E-state index in [4.69, 9.17) is 0 Å². The van der Waals surface area contributed by atoms with Crippen molar-refractivity contribution in [3.63, 3.8) is 0 Å². The van der Waals surface area contributed by atoms with Crippen LogP contribution in [0.1, 0.15) is 32.8 Å². The van der Waals surface area contributed by atoms with Crippen molar-refractivity contribution in [2.24, 2.45) is 0 Å². The zero-order valence-electron chi connectivity index (χ0n) is 10.3. The minimum atomic E-state index is -4.09. The second-order valence-corrected chi connectivity index (χ2v) is 5.01. The molecule has 0 aliphatic carbocycles. The molecule has 1 aromatic rings. The highest BCUT2D eigenvalue weighted by atomic mass is 19.4. The quantitative estimate of drug-likeness (QED) is 0.831. The molecule has 0 radical (unpaired) electrons. The van der Waals surface area contributed by atoms with Crippen molar-refractivity contribution >= 4 is 0 Å². The van der Waals surface area contributed by atoms with Crippen LogP contribution < -0.4 is 5.32 Å². The summed E-state index contributed by atoms with van der Waals surface area (Å²) in [6.45, 7) is 6.39. The van der Waals surface area contributed by atoms with Crippen LogP contribution in [0, 0.1) is 0 Å². The Kier molecular flexibility index (Phi) is 4.19. The van der Waals surface area contributed by atoms with Gasteiger partial charge in [-0.1, -0.05) is 0 Å². The van der Waals surface area contributed by atoms with Crippen molar-refractivity contribution in [1.29, 1.82) is 0 Å². The van der Waals surface area contributed by atoms with Crippen molar-refractivity contribution in [3.8, 4) is 0 Å². The number of rotatable bonds is 4. The molecule has 0 atom stereocenters. The lowest BCUT2D eigenvalue weighted by molar-refractivity contribution is -0.133. The Hall–Kier alpha value is -1.04. The highest BCUT2D eigenvalue weighted by Crippen LogP contribution is 2.18. The van der Waals surface area contributed by atoms with Crippen LogP contribution in [0.15, 0.2) is 12.4 Å². The van der Waals surface area contributed by atoms with Crippen LogP contribution in [0.4, 0.5) is 13.2 Å². The van der Waals surface area contributed by atoms with E-state index in [0.717, 1.165) is 5.56 Å². The smallest absolute Gasteiger partial charge is 0.312 e. The van der Waals surface area contributed by atoms with Gasteiger partial charge in [0, 0.05) is 24.8 Å². The molecule has 0 aliphatic rings. The van der Waals surface area contributed by atoms with Crippen LogP contribution in [-0.2, 0) is 12.1 Å². The molecule has 6 heteroatoms. The van der Waals surface area contributed by atoms with Crippen molar-refractivity contribution in [2.45, 2.75) is 45.5 Å². The average molecular weight is 249 g/mol. The van der Waals surface area contributed by atoms with Gasteiger partial charge in [0.1, 0.15) is 0 Å². The van der Waals surface area contributed by atoms with E-state index < -0.39 is 12.6 Å². The molecule has 0 unspecified atom stereocenters. The molecule has 1 heterocycles. The van der Waals surface area contributed by atoms with E-state index in [2.05, 4.69) is 10.4 Å². The third-order valence-corrected chi connectivity index (χ3v) is 2.24. The lowest BCUT2D eigenvalue weighted by atomic mass is 10.1. The summed E-state index contributed by atoms with van der Waals surface area (Å²) < 4.78 is 37.5. The van der Waals surface area contributed by atoms with E-state index in [1.165, 1.54) is 0 Å². The molecule has 0 spiro atoms. The molecule has 0 fully saturated rings. The Morgan fingerprint density at radius 3 is 2.41 bits per heavy atom. The van der Waals surface area contributed by atoms with Crippen molar-refractivity contribution in [2.75, 3.05) is 6.54 Å². The van der Waals surface area contributed by atoms with Gasteiger partial charge in [-0.2, -0.15) is 18.3 Å². The summed E-state index contributed by atoms with van der Waals surface area (Å²) >= 11 is 0. The molecule has 1 N–H and O–H groups in total. The number of hydrogen-bond acceptors (Lipinski definition) is 2. The van der Waals surface area contributed by atoms with Gasteiger partial charge in [-0.3, -0.25) is 4.68 Å². The standard InChI is InChI=1S/C11H18F3N3/c1-10(2,3)17-8-9(7-16-17)6-15-5-4-11(12,13)14/h7-8,15H,4-6H2,1-3H3. The second-order valence-electron chi connectivity index (χ2n) is 5.01. The maximum atomic E-state index is 11.9. The van der Waals surface area contributed by atoms with Gasteiger partial charge >= 0.3 is 6.18 Å². The van der Waals surface area contributed by atoms with Gasteiger partial charge in [-0.05, 0) is 20.8 Å². The maximum absolute atomic E-state index is 11.9. The van der Waals surface area contributed by atoms with E-state index in [1.54, 1.807) is 10.9 Å². The predicted molar refractivity (Wildman–Crippen MR) is 59.6 cm³/mol. The molecule has 1 aromatic heterocycles. The number of aromatic nitrogens is 2. The molecule has 17 heavy (non-hydrogen) atoms. The minimum absolute atomic E-state index is 0.0653. The van der Waals surface area contributed by atoms with Crippen LogP contribution >= 0.6 is 0 Å². The van der Waals surface area contributed by atoms with Gasteiger partial charge in [-0.25, -0.2) is 0 Å². The van der Waals surface area contributed by atoms with E-state index in [9.17, 15) is 13.2 Å². The van der Waals surface area contributed by atoms with E-state index >= 15 is 0 Å². The first-order valence-corrected chi connectivity index (χ1v) is 5.50. The lowest BCUT2D eigenvalue weighted by Gasteiger charge is -2.18. The molecular weight excluding hydrogens is 231 g/mol. The Morgan fingerprint density at radius 1 is 1.29 bits per heavy atom. The van der Waals surface area contributed by atoms with Gasteiger partial charge in [0.05, 0.1) is 18.2 Å².